The first kappa shape index (κ1) is 18.7. The van der Waals surface area contributed by atoms with Crippen LogP contribution >= 0.6 is 0 Å². The van der Waals surface area contributed by atoms with E-state index in [2.05, 4.69) is 10.2 Å². The molecule has 1 aromatic carbocycles. The van der Waals surface area contributed by atoms with E-state index in [1.54, 1.807) is 18.2 Å². The highest BCUT2D eigenvalue weighted by Crippen LogP contribution is 2.31. The van der Waals surface area contributed by atoms with Gasteiger partial charge in [0.25, 0.3) is 0 Å². The summed E-state index contributed by atoms with van der Waals surface area (Å²) in [6, 6.07) is 5.18. The van der Waals surface area contributed by atoms with E-state index < -0.39 is 0 Å². The number of carbonyl (C=O) groups excluding carboxylic acids is 2. The van der Waals surface area contributed by atoms with E-state index in [9.17, 15) is 9.59 Å². The van der Waals surface area contributed by atoms with Gasteiger partial charge in [0.05, 0.1) is 0 Å². The zero-order chi connectivity index (χ0) is 18.2. The monoisotopic (exact) mass is 360 g/mol. The van der Waals surface area contributed by atoms with E-state index >= 15 is 0 Å². The van der Waals surface area contributed by atoms with Gasteiger partial charge in [-0.3, -0.25) is 9.59 Å². The minimum absolute atomic E-state index is 0.0505. The molecule has 6 nitrogen and oxygen atoms in total. The van der Waals surface area contributed by atoms with E-state index in [-0.39, 0.29) is 24.5 Å². The van der Waals surface area contributed by atoms with Crippen molar-refractivity contribution in [3.63, 3.8) is 0 Å². The fraction of sp³-hybridized carbons (Fsp3) is 0.600. The topological polar surface area (TPSA) is 67.9 Å². The van der Waals surface area contributed by atoms with Gasteiger partial charge in [-0.15, -0.1) is 0 Å². The molecule has 0 atom stereocenters. The second kappa shape index (κ2) is 9.57. The lowest BCUT2D eigenvalue weighted by atomic mass is 10.1. The van der Waals surface area contributed by atoms with Crippen molar-refractivity contribution in [3.05, 3.63) is 23.8 Å². The molecule has 1 saturated heterocycles. The van der Waals surface area contributed by atoms with E-state index in [0.717, 1.165) is 13.0 Å². The molecule has 2 aliphatic heterocycles. The fourth-order valence-electron chi connectivity index (χ4n) is 3.39. The Morgan fingerprint density at radius 2 is 1.77 bits per heavy atom. The molecule has 0 aliphatic carbocycles. The van der Waals surface area contributed by atoms with Gasteiger partial charge in [-0.05, 0) is 57.1 Å². The van der Waals surface area contributed by atoms with Crippen molar-refractivity contribution in [3.8, 4) is 11.5 Å². The van der Waals surface area contributed by atoms with E-state index in [1.165, 1.54) is 32.4 Å². The zero-order valence-corrected chi connectivity index (χ0v) is 15.3. The van der Waals surface area contributed by atoms with Crippen LogP contribution in [-0.4, -0.2) is 56.0 Å². The van der Waals surface area contributed by atoms with Gasteiger partial charge >= 0.3 is 0 Å². The Balaban J connectivity index is 1.34. The Morgan fingerprint density at radius 1 is 1.00 bits per heavy atom. The molecule has 2 aliphatic rings. The van der Waals surface area contributed by atoms with Gasteiger partial charge < -0.3 is 19.7 Å². The van der Waals surface area contributed by atoms with Crippen molar-refractivity contribution < 1.29 is 19.1 Å². The maximum absolute atomic E-state index is 12.3. The highest BCUT2D eigenvalue weighted by Gasteiger charge is 2.16. The summed E-state index contributed by atoms with van der Waals surface area (Å²) in [5.41, 5.74) is 0.562. The Morgan fingerprint density at radius 3 is 2.58 bits per heavy atom. The number of nitrogens with zero attached hydrogens (tertiary/aromatic N) is 1. The van der Waals surface area contributed by atoms with E-state index in [4.69, 9.17) is 9.47 Å². The van der Waals surface area contributed by atoms with Crippen molar-refractivity contribution in [1.82, 2.24) is 10.2 Å². The third-order valence-corrected chi connectivity index (χ3v) is 4.87. The highest BCUT2D eigenvalue weighted by molar-refractivity contribution is 5.98. The molecule has 3 rings (SSSR count). The van der Waals surface area contributed by atoms with Crippen molar-refractivity contribution in [1.29, 1.82) is 0 Å². The smallest absolute Gasteiger partial charge is 0.220 e. The first-order valence-corrected chi connectivity index (χ1v) is 9.64. The van der Waals surface area contributed by atoms with Gasteiger partial charge in [0, 0.05) is 24.9 Å². The standard InChI is InChI=1S/C20H28N2O4/c23-17(16-5-7-18-19(15-16)26-14-13-25-18)6-8-20(24)21-9-4-12-22-10-2-1-3-11-22/h5,7,15H,1-4,6,8-14H2,(H,21,24). The number of ketones is 1. The summed E-state index contributed by atoms with van der Waals surface area (Å²) in [6.45, 7) is 5.09. The lowest BCUT2D eigenvalue weighted by Crippen LogP contribution is -2.33. The predicted molar refractivity (Wildman–Crippen MR) is 98.9 cm³/mol. The number of benzene rings is 1. The van der Waals surface area contributed by atoms with Gasteiger partial charge in [-0.1, -0.05) is 6.42 Å². The number of fused-ring (bicyclic) bond motifs is 1. The molecule has 142 valence electrons. The zero-order valence-electron chi connectivity index (χ0n) is 15.3. The summed E-state index contributed by atoms with van der Waals surface area (Å²) < 4.78 is 10.9. The van der Waals surface area contributed by atoms with Crippen molar-refractivity contribution >= 4 is 11.7 Å². The Bertz CT molecular complexity index is 626. The Labute approximate surface area is 154 Å². The van der Waals surface area contributed by atoms with Crippen LogP contribution in [0.5, 0.6) is 11.5 Å². The van der Waals surface area contributed by atoms with Gasteiger partial charge in [-0.25, -0.2) is 0 Å². The average molecular weight is 360 g/mol. The maximum atomic E-state index is 12.3. The quantitative estimate of drug-likeness (QED) is 0.570. The number of rotatable bonds is 8. The predicted octanol–water partition coefficient (Wildman–Crippen LogP) is 2.41. The molecule has 6 heteroatoms. The van der Waals surface area contributed by atoms with Crippen LogP contribution in [0.1, 0.15) is 48.9 Å². The molecule has 0 aromatic heterocycles. The minimum Gasteiger partial charge on any atom is -0.486 e. The fourth-order valence-corrected chi connectivity index (χ4v) is 3.39. The van der Waals surface area contributed by atoms with Crippen LogP contribution in [0.15, 0.2) is 18.2 Å². The number of hydrogen-bond donors (Lipinski definition) is 1. The lowest BCUT2D eigenvalue weighted by molar-refractivity contribution is -0.121. The summed E-state index contributed by atoms with van der Waals surface area (Å²) >= 11 is 0. The minimum atomic E-state index is -0.0606. The molecular formula is C20H28N2O4. The number of carbonyl (C=O) groups is 2. The number of nitrogens with one attached hydrogen (secondary N) is 1. The van der Waals surface area contributed by atoms with E-state index in [1.807, 2.05) is 0 Å². The van der Waals surface area contributed by atoms with Crippen molar-refractivity contribution in [2.45, 2.75) is 38.5 Å². The van der Waals surface area contributed by atoms with Crippen LogP contribution in [0, 0.1) is 0 Å². The normalized spacial score (nSPS) is 16.9. The molecule has 1 amide bonds. The molecule has 0 saturated carbocycles. The van der Waals surface area contributed by atoms with Gasteiger partial charge in [-0.2, -0.15) is 0 Å². The largest absolute Gasteiger partial charge is 0.486 e. The SMILES string of the molecule is O=C(CCC(=O)c1ccc2c(c1)OCCO2)NCCCN1CCCCC1. The third-order valence-electron chi connectivity index (χ3n) is 4.87. The van der Waals surface area contributed by atoms with Crippen LogP contribution in [0.25, 0.3) is 0 Å². The number of hydrogen-bond acceptors (Lipinski definition) is 5. The molecule has 0 radical (unpaired) electrons. The maximum Gasteiger partial charge on any atom is 0.220 e. The summed E-state index contributed by atoms with van der Waals surface area (Å²) in [4.78, 5) is 26.7. The molecule has 0 bridgehead atoms. The molecule has 1 aromatic rings. The molecule has 0 unspecified atom stereocenters. The number of piperidine rings is 1. The first-order chi connectivity index (χ1) is 12.7. The van der Waals surface area contributed by atoms with Crippen molar-refractivity contribution in [2.75, 3.05) is 39.4 Å². The lowest BCUT2D eigenvalue weighted by Gasteiger charge is -2.26. The van der Waals surface area contributed by atoms with Gasteiger partial charge in [0.15, 0.2) is 17.3 Å². The molecular weight excluding hydrogens is 332 g/mol. The van der Waals surface area contributed by atoms with Crippen molar-refractivity contribution in [2.24, 2.45) is 0 Å². The second-order valence-electron chi connectivity index (χ2n) is 6.89. The molecule has 1 N–H and O–H groups in total. The number of ether oxygens (including phenoxy) is 2. The summed E-state index contributed by atoms with van der Waals surface area (Å²) in [5.74, 6) is 1.16. The second-order valence-corrected chi connectivity index (χ2v) is 6.89. The molecule has 1 fully saturated rings. The summed E-state index contributed by atoms with van der Waals surface area (Å²) in [7, 11) is 0. The Kier molecular flexibility index (Phi) is 6.89. The van der Waals surface area contributed by atoms with Crippen LogP contribution in [0.2, 0.25) is 0 Å². The highest BCUT2D eigenvalue weighted by atomic mass is 16.6. The molecule has 26 heavy (non-hydrogen) atoms. The number of likely N-dealkylation sites (tertiary alicyclic amines) is 1. The van der Waals surface area contributed by atoms with Crippen LogP contribution < -0.4 is 14.8 Å². The van der Waals surface area contributed by atoms with Crippen LogP contribution in [0.3, 0.4) is 0 Å². The van der Waals surface area contributed by atoms with E-state index in [0.29, 0.717) is 36.8 Å². The summed E-state index contributed by atoms with van der Waals surface area (Å²) in [5, 5.41) is 2.92. The molecule has 2 heterocycles. The van der Waals surface area contributed by atoms with Crippen LogP contribution in [0.4, 0.5) is 0 Å². The summed E-state index contributed by atoms with van der Waals surface area (Å²) in [6.07, 6.45) is 5.30. The number of amides is 1. The van der Waals surface area contributed by atoms with Gasteiger partial charge in [0.2, 0.25) is 5.91 Å². The first-order valence-electron chi connectivity index (χ1n) is 9.64. The van der Waals surface area contributed by atoms with Gasteiger partial charge in [0.1, 0.15) is 13.2 Å². The average Bonchev–Trinajstić information content (AvgIpc) is 2.70. The number of Topliss-reactive ketones (excluding diaryl/α,β-unsaturated/α-hetero) is 1. The molecule has 0 spiro atoms. The Hall–Kier alpha value is -2.08. The third kappa shape index (κ3) is 5.46. The van der Waals surface area contributed by atoms with Crippen LogP contribution in [-0.2, 0) is 4.79 Å².